The van der Waals surface area contributed by atoms with Crippen molar-refractivity contribution in [2.24, 2.45) is 5.41 Å². The molecule has 2 N–H and O–H groups in total. The Balaban J connectivity index is 1.24. The van der Waals surface area contributed by atoms with E-state index >= 15 is 4.39 Å². The number of imide groups is 2. The van der Waals surface area contributed by atoms with Gasteiger partial charge in [0.05, 0.1) is 22.4 Å². The molecule has 0 spiro atoms. The van der Waals surface area contributed by atoms with Crippen LogP contribution in [0.3, 0.4) is 0 Å². The number of amides is 5. The minimum absolute atomic E-state index is 0.0134. The van der Waals surface area contributed by atoms with Crippen molar-refractivity contribution in [2.45, 2.75) is 44.8 Å². The Morgan fingerprint density at radius 3 is 2.34 bits per heavy atom. The number of rotatable bonds is 5. The molecule has 0 aliphatic carbocycles. The lowest BCUT2D eigenvalue weighted by molar-refractivity contribution is -0.138. The molecule has 0 radical (unpaired) electrons. The number of carbonyl (C=O) groups is 5. The first-order valence-electron chi connectivity index (χ1n) is 13.0. The summed E-state index contributed by atoms with van der Waals surface area (Å²) < 4.78 is 54.2. The number of hydrogen-bond donors (Lipinski definition) is 2. The second-order valence-electron chi connectivity index (χ2n) is 10.9. The van der Waals surface area contributed by atoms with Gasteiger partial charge in [0.1, 0.15) is 11.9 Å². The number of halogens is 4. The smallest absolute Gasteiger partial charge is 0.369 e. The monoisotopic (exact) mass is 574 g/mol. The van der Waals surface area contributed by atoms with Crippen LogP contribution in [0.15, 0.2) is 36.4 Å². The summed E-state index contributed by atoms with van der Waals surface area (Å²) in [5, 5.41) is 4.81. The maximum absolute atomic E-state index is 15.2. The molecule has 5 amide bonds. The first-order chi connectivity index (χ1) is 19.3. The van der Waals surface area contributed by atoms with Gasteiger partial charge in [-0.3, -0.25) is 34.2 Å². The standard InChI is InChI=1S/C28H26F4N4O5/c1-27(14-33-23(38)15-3-2-4-16(11-15)28(30,31)32)7-9-35(10-8-27)21-13-18-17(12-19(21)29)25(40)36(26(18)41)20-5-6-22(37)34-24(20)39/h2-4,11-13,20H,5-10,14H2,1H3,(H,33,38)(H,34,37,39). The zero-order valence-corrected chi connectivity index (χ0v) is 21.9. The molecule has 2 saturated heterocycles. The van der Waals surface area contributed by atoms with Crippen molar-refractivity contribution >= 4 is 35.2 Å². The number of nitrogens with zero attached hydrogens (tertiary/aromatic N) is 2. The molecule has 0 bridgehead atoms. The Morgan fingerprint density at radius 2 is 1.71 bits per heavy atom. The van der Waals surface area contributed by atoms with Crippen molar-refractivity contribution in [3.8, 4) is 0 Å². The summed E-state index contributed by atoms with van der Waals surface area (Å²) in [4.78, 5) is 64.8. The van der Waals surface area contributed by atoms with Crippen molar-refractivity contribution in [1.29, 1.82) is 0 Å². The molecule has 0 aromatic heterocycles. The Bertz CT molecular complexity index is 1470. The SMILES string of the molecule is CC1(CNC(=O)c2cccc(C(F)(F)F)c2)CCN(c2cc3c(cc2F)C(=O)N(C2CCC(=O)NC2=O)C3=O)CC1. The minimum Gasteiger partial charge on any atom is -0.369 e. The zero-order valence-electron chi connectivity index (χ0n) is 21.9. The number of fused-ring (bicyclic) bond motifs is 1. The zero-order chi connectivity index (χ0) is 29.7. The molecule has 13 heteroatoms. The number of anilines is 1. The van der Waals surface area contributed by atoms with E-state index in [9.17, 15) is 37.1 Å². The first-order valence-corrected chi connectivity index (χ1v) is 13.0. The van der Waals surface area contributed by atoms with E-state index in [2.05, 4.69) is 10.6 Å². The van der Waals surface area contributed by atoms with Crippen LogP contribution in [0.1, 0.15) is 69.2 Å². The van der Waals surface area contributed by atoms with Crippen LogP contribution in [0.4, 0.5) is 23.2 Å². The normalized spacial score (nSPS) is 20.7. The van der Waals surface area contributed by atoms with Crippen molar-refractivity contribution in [1.82, 2.24) is 15.5 Å². The summed E-state index contributed by atoms with van der Waals surface area (Å²) in [6.07, 6.45) is -3.61. The van der Waals surface area contributed by atoms with Gasteiger partial charge < -0.3 is 10.2 Å². The summed E-state index contributed by atoms with van der Waals surface area (Å²) in [6.45, 7) is 2.81. The number of piperidine rings is 2. The number of benzene rings is 2. The van der Waals surface area contributed by atoms with E-state index in [4.69, 9.17) is 0 Å². The van der Waals surface area contributed by atoms with E-state index in [1.165, 1.54) is 18.2 Å². The summed E-state index contributed by atoms with van der Waals surface area (Å²) in [5.74, 6) is -4.13. The van der Waals surface area contributed by atoms with Gasteiger partial charge in [0, 0.05) is 31.6 Å². The fourth-order valence-corrected chi connectivity index (χ4v) is 5.42. The molecule has 5 rings (SSSR count). The molecular formula is C28H26F4N4O5. The second-order valence-corrected chi connectivity index (χ2v) is 10.9. The van der Waals surface area contributed by atoms with Gasteiger partial charge in [-0.25, -0.2) is 4.39 Å². The molecule has 1 unspecified atom stereocenters. The first kappa shape index (κ1) is 28.2. The average molecular weight is 575 g/mol. The third-order valence-corrected chi connectivity index (χ3v) is 7.95. The Labute approximate surface area is 231 Å². The summed E-state index contributed by atoms with van der Waals surface area (Å²) in [5.41, 5.74) is -1.51. The number of nitrogens with one attached hydrogen (secondary N) is 2. The Morgan fingerprint density at radius 1 is 1.05 bits per heavy atom. The average Bonchev–Trinajstić information content (AvgIpc) is 3.16. The molecular weight excluding hydrogens is 548 g/mol. The lowest BCUT2D eigenvalue weighted by Gasteiger charge is -2.40. The highest BCUT2D eigenvalue weighted by Crippen LogP contribution is 2.37. The minimum atomic E-state index is -4.57. The fourth-order valence-electron chi connectivity index (χ4n) is 5.42. The highest BCUT2D eigenvalue weighted by molar-refractivity contribution is 6.23. The lowest BCUT2D eigenvalue weighted by Crippen LogP contribution is -2.54. The molecule has 2 aromatic carbocycles. The van der Waals surface area contributed by atoms with Crippen LogP contribution in [0, 0.1) is 11.2 Å². The molecule has 2 aromatic rings. The molecule has 3 aliphatic rings. The molecule has 216 valence electrons. The van der Waals surface area contributed by atoms with Gasteiger partial charge >= 0.3 is 6.18 Å². The van der Waals surface area contributed by atoms with Crippen LogP contribution >= 0.6 is 0 Å². The van der Waals surface area contributed by atoms with E-state index in [0.29, 0.717) is 25.9 Å². The summed E-state index contributed by atoms with van der Waals surface area (Å²) in [6, 6.07) is 5.29. The molecule has 3 heterocycles. The van der Waals surface area contributed by atoms with Gasteiger partial charge in [-0.05, 0) is 55.0 Å². The Hall–Kier alpha value is -4.29. The fraction of sp³-hybridized carbons (Fsp3) is 0.393. The predicted molar refractivity (Wildman–Crippen MR) is 136 cm³/mol. The summed E-state index contributed by atoms with van der Waals surface area (Å²) in [7, 11) is 0. The van der Waals surface area contributed by atoms with Crippen LogP contribution < -0.4 is 15.5 Å². The topological polar surface area (TPSA) is 116 Å². The Kier molecular flexibility index (Phi) is 7.08. The van der Waals surface area contributed by atoms with Crippen molar-refractivity contribution in [3.05, 3.63) is 64.5 Å². The van der Waals surface area contributed by atoms with Crippen LogP contribution in [-0.2, 0) is 15.8 Å². The van der Waals surface area contributed by atoms with Crippen molar-refractivity contribution < 1.29 is 41.5 Å². The van der Waals surface area contributed by atoms with Gasteiger partial charge in [-0.15, -0.1) is 0 Å². The van der Waals surface area contributed by atoms with E-state index in [-0.39, 0.29) is 41.8 Å². The van der Waals surface area contributed by atoms with Gasteiger partial charge in [-0.2, -0.15) is 13.2 Å². The van der Waals surface area contributed by atoms with Crippen molar-refractivity contribution in [2.75, 3.05) is 24.5 Å². The highest BCUT2D eigenvalue weighted by atomic mass is 19.4. The molecule has 1 atom stereocenters. The van der Waals surface area contributed by atoms with E-state index in [1.807, 2.05) is 6.92 Å². The highest BCUT2D eigenvalue weighted by Gasteiger charge is 2.45. The van der Waals surface area contributed by atoms with Gasteiger partial charge in [0.2, 0.25) is 11.8 Å². The van der Waals surface area contributed by atoms with Crippen molar-refractivity contribution in [3.63, 3.8) is 0 Å². The van der Waals surface area contributed by atoms with Gasteiger partial charge in [0.15, 0.2) is 0 Å². The van der Waals surface area contributed by atoms with Crippen LogP contribution in [0.5, 0.6) is 0 Å². The second kappa shape index (κ2) is 10.3. The number of hydrogen-bond acceptors (Lipinski definition) is 6. The van der Waals surface area contributed by atoms with E-state index < -0.39 is 58.5 Å². The molecule has 2 fully saturated rings. The lowest BCUT2D eigenvalue weighted by atomic mass is 9.80. The quantitative estimate of drug-likeness (QED) is 0.419. The maximum atomic E-state index is 15.2. The third-order valence-electron chi connectivity index (χ3n) is 7.95. The predicted octanol–water partition coefficient (Wildman–Crippen LogP) is 3.28. The van der Waals surface area contributed by atoms with Gasteiger partial charge in [0.25, 0.3) is 17.7 Å². The third kappa shape index (κ3) is 5.40. The molecule has 9 nitrogen and oxygen atoms in total. The number of carbonyl (C=O) groups excluding carboxylic acids is 5. The van der Waals surface area contributed by atoms with E-state index in [0.717, 1.165) is 23.1 Å². The molecule has 41 heavy (non-hydrogen) atoms. The molecule has 0 saturated carbocycles. The van der Waals surface area contributed by atoms with Gasteiger partial charge in [-0.1, -0.05) is 13.0 Å². The van der Waals surface area contributed by atoms with Crippen LogP contribution in [0.2, 0.25) is 0 Å². The molecule has 3 aliphatic heterocycles. The number of alkyl halides is 3. The van der Waals surface area contributed by atoms with E-state index in [1.54, 1.807) is 4.90 Å². The van der Waals surface area contributed by atoms with Crippen LogP contribution in [0.25, 0.3) is 0 Å². The largest absolute Gasteiger partial charge is 0.416 e. The van der Waals surface area contributed by atoms with Crippen LogP contribution in [-0.4, -0.2) is 60.1 Å². The summed E-state index contributed by atoms with van der Waals surface area (Å²) >= 11 is 0. The maximum Gasteiger partial charge on any atom is 0.416 e.